The normalized spacial score (nSPS) is 8.21. The highest BCUT2D eigenvalue weighted by Crippen LogP contribution is 1.99. The Balaban J connectivity index is 0.000000791. The number of carbonyl (C=O) groups excluding carboxylic acids is 1. The van der Waals surface area contributed by atoms with E-state index in [1.54, 1.807) is 0 Å². The van der Waals surface area contributed by atoms with Crippen molar-refractivity contribution in [3.8, 4) is 12.8 Å². The minimum Gasteiger partial charge on any atom is -0.466 e. The molecule has 0 heterocycles. The molecule has 0 aliphatic heterocycles. The van der Waals surface area contributed by atoms with Crippen molar-refractivity contribution in [2.45, 2.75) is 13.3 Å². The molecule has 0 amide bonds. The summed E-state index contributed by atoms with van der Waals surface area (Å²) < 4.78 is 4.81. The van der Waals surface area contributed by atoms with Gasteiger partial charge in [-0.25, -0.2) is 0 Å². The Labute approximate surface area is 84.9 Å². The van der Waals surface area contributed by atoms with Crippen LogP contribution in [0, 0.1) is 12.8 Å². The third-order valence-corrected chi connectivity index (χ3v) is 1.54. The monoisotopic (exact) mass is 190 g/mol. The molecule has 74 valence electrons. The summed E-state index contributed by atoms with van der Waals surface area (Å²) in [4.78, 5) is 10.4. The zero-order valence-corrected chi connectivity index (χ0v) is 8.27. The molecule has 0 saturated carbocycles. The van der Waals surface area contributed by atoms with Crippen molar-refractivity contribution in [1.29, 1.82) is 0 Å². The first-order chi connectivity index (χ1) is 6.79. The molecular weight excluding hydrogens is 176 g/mol. The molecule has 0 N–H and O–H groups in total. The summed E-state index contributed by atoms with van der Waals surface area (Å²) in [6, 6.07) is 9.95. The van der Waals surface area contributed by atoms with Crippen LogP contribution < -0.4 is 0 Å². The van der Waals surface area contributed by atoms with E-state index in [0.29, 0.717) is 6.61 Å². The molecule has 0 aliphatic rings. The number of hydrogen-bond donors (Lipinski definition) is 0. The standard InChI is InChI=1S/C10H12O2.C2H2/c1-9(11)12-8-7-10-5-3-2-4-6-10;1-2/h2-6H,7-8H2,1H3;1-2H. The summed E-state index contributed by atoms with van der Waals surface area (Å²) >= 11 is 0. The van der Waals surface area contributed by atoms with E-state index in [0.717, 1.165) is 6.42 Å². The molecule has 1 aromatic rings. The van der Waals surface area contributed by atoms with E-state index in [-0.39, 0.29) is 5.97 Å². The van der Waals surface area contributed by atoms with E-state index >= 15 is 0 Å². The Hall–Kier alpha value is -1.75. The van der Waals surface area contributed by atoms with Crippen LogP contribution in [-0.4, -0.2) is 12.6 Å². The summed E-state index contributed by atoms with van der Waals surface area (Å²) in [5.41, 5.74) is 1.19. The van der Waals surface area contributed by atoms with E-state index < -0.39 is 0 Å². The van der Waals surface area contributed by atoms with Crippen LogP contribution in [0.4, 0.5) is 0 Å². The SMILES string of the molecule is C#C.CC(=O)OCCc1ccccc1. The fourth-order valence-electron chi connectivity index (χ4n) is 0.957. The number of terminal acetylenes is 1. The van der Waals surface area contributed by atoms with E-state index in [4.69, 9.17) is 4.74 Å². The van der Waals surface area contributed by atoms with Gasteiger partial charge in [0.1, 0.15) is 0 Å². The molecule has 1 aromatic carbocycles. The number of hydrogen-bond acceptors (Lipinski definition) is 2. The van der Waals surface area contributed by atoms with Gasteiger partial charge in [-0.3, -0.25) is 4.79 Å². The Morgan fingerprint density at radius 2 is 1.86 bits per heavy atom. The van der Waals surface area contributed by atoms with Gasteiger partial charge in [-0.05, 0) is 5.56 Å². The fourth-order valence-corrected chi connectivity index (χ4v) is 0.957. The highest BCUT2D eigenvalue weighted by Gasteiger charge is 1.93. The third-order valence-electron chi connectivity index (χ3n) is 1.54. The maximum Gasteiger partial charge on any atom is 0.302 e. The first kappa shape index (κ1) is 12.2. The number of esters is 1. The van der Waals surface area contributed by atoms with E-state index in [2.05, 4.69) is 12.8 Å². The Kier molecular flexibility index (Phi) is 6.89. The Bertz CT molecular complexity index is 275. The second-order valence-corrected chi connectivity index (χ2v) is 2.58. The summed E-state index contributed by atoms with van der Waals surface area (Å²) in [7, 11) is 0. The topological polar surface area (TPSA) is 26.3 Å². The quantitative estimate of drug-likeness (QED) is 0.538. The highest BCUT2D eigenvalue weighted by molar-refractivity contribution is 5.65. The van der Waals surface area contributed by atoms with Crippen molar-refractivity contribution in [2.75, 3.05) is 6.61 Å². The van der Waals surface area contributed by atoms with Gasteiger partial charge >= 0.3 is 5.97 Å². The van der Waals surface area contributed by atoms with Crippen LogP contribution in [-0.2, 0) is 16.0 Å². The summed E-state index contributed by atoms with van der Waals surface area (Å²) in [6.07, 6.45) is 8.79. The molecule has 0 atom stereocenters. The molecule has 0 saturated heterocycles. The van der Waals surface area contributed by atoms with Crippen LogP contribution >= 0.6 is 0 Å². The van der Waals surface area contributed by atoms with Gasteiger partial charge in [0.15, 0.2) is 0 Å². The van der Waals surface area contributed by atoms with Crippen molar-refractivity contribution < 1.29 is 9.53 Å². The van der Waals surface area contributed by atoms with E-state index in [9.17, 15) is 4.79 Å². The van der Waals surface area contributed by atoms with Crippen LogP contribution in [0.1, 0.15) is 12.5 Å². The zero-order valence-electron chi connectivity index (χ0n) is 8.27. The average molecular weight is 190 g/mol. The van der Waals surface area contributed by atoms with Crippen molar-refractivity contribution in [3.63, 3.8) is 0 Å². The van der Waals surface area contributed by atoms with E-state index in [1.165, 1.54) is 12.5 Å². The molecule has 0 aromatic heterocycles. The Morgan fingerprint density at radius 1 is 1.29 bits per heavy atom. The number of rotatable bonds is 3. The molecule has 2 heteroatoms. The van der Waals surface area contributed by atoms with Gasteiger partial charge in [-0.1, -0.05) is 30.3 Å². The van der Waals surface area contributed by atoms with Crippen LogP contribution in [0.2, 0.25) is 0 Å². The van der Waals surface area contributed by atoms with Gasteiger partial charge in [0.2, 0.25) is 0 Å². The minimum atomic E-state index is -0.217. The zero-order chi connectivity index (χ0) is 10.8. The third kappa shape index (κ3) is 5.84. The molecule has 0 radical (unpaired) electrons. The fraction of sp³-hybridized carbons (Fsp3) is 0.250. The smallest absolute Gasteiger partial charge is 0.302 e. The molecule has 0 fully saturated rings. The molecule has 0 bridgehead atoms. The second-order valence-electron chi connectivity index (χ2n) is 2.58. The molecule has 1 rings (SSSR count). The van der Waals surface area contributed by atoms with Gasteiger partial charge in [-0.15, -0.1) is 12.8 Å². The van der Waals surface area contributed by atoms with Crippen LogP contribution in [0.3, 0.4) is 0 Å². The maximum atomic E-state index is 10.4. The van der Waals surface area contributed by atoms with Crippen LogP contribution in [0.25, 0.3) is 0 Å². The molecule has 14 heavy (non-hydrogen) atoms. The van der Waals surface area contributed by atoms with Gasteiger partial charge in [-0.2, -0.15) is 0 Å². The van der Waals surface area contributed by atoms with E-state index in [1.807, 2.05) is 30.3 Å². The van der Waals surface area contributed by atoms with Gasteiger partial charge in [0.25, 0.3) is 0 Å². The first-order valence-electron chi connectivity index (χ1n) is 4.29. The lowest BCUT2D eigenvalue weighted by Crippen LogP contribution is -2.02. The molecule has 0 spiro atoms. The summed E-state index contributed by atoms with van der Waals surface area (Å²) in [6.45, 7) is 1.89. The molecule has 2 nitrogen and oxygen atoms in total. The van der Waals surface area contributed by atoms with Crippen LogP contribution in [0.15, 0.2) is 30.3 Å². The number of ether oxygens (including phenoxy) is 1. The minimum absolute atomic E-state index is 0.217. The van der Waals surface area contributed by atoms with Gasteiger partial charge in [0.05, 0.1) is 6.61 Å². The van der Waals surface area contributed by atoms with Crippen LogP contribution in [0.5, 0.6) is 0 Å². The molecule has 0 unspecified atom stereocenters. The molecule has 0 aliphatic carbocycles. The number of benzene rings is 1. The van der Waals surface area contributed by atoms with Crippen molar-refractivity contribution >= 4 is 5.97 Å². The predicted molar refractivity (Wildman–Crippen MR) is 56.7 cm³/mol. The van der Waals surface area contributed by atoms with Gasteiger partial charge < -0.3 is 4.74 Å². The van der Waals surface area contributed by atoms with Gasteiger partial charge in [0, 0.05) is 13.3 Å². The second kappa shape index (κ2) is 7.88. The Morgan fingerprint density at radius 3 is 2.36 bits per heavy atom. The lowest BCUT2D eigenvalue weighted by molar-refractivity contribution is -0.140. The lowest BCUT2D eigenvalue weighted by Gasteiger charge is -2.00. The summed E-state index contributed by atoms with van der Waals surface area (Å²) in [5.74, 6) is -0.217. The first-order valence-corrected chi connectivity index (χ1v) is 4.29. The largest absolute Gasteiger partial charge is 0.466 e. The highest BCUT2D eigenvalue weighted by atomic mass is 16.5. The average Bonchev–Trinajstić information content (AvgIpc) is 2.22. The molecular formula is C12H14O2. The lowest BCUT2D eigenvalue weighted by atomic mass is 10.2. The number of carbonyl (C=O) groups is 1. The van der Waals surface area contributed by atoms with Crippen molar-refractivity contribution in [2.24, 2.45) is 0 Å². The van der Waals surface area contributed by atoms with Crippen molar-refractivity contribution in [1.82, 2.24) is 0 Å². The predicted octanol–water partition coefficient (Wildman–Crippen LogP) is 2.04. The summed E-state index contributed by atoms with van der Waals surface area (Å²) in [5, 5.41) is 0. The van der Waals surface area contributed by atoms with Crippen molar-refractivity contribution in [3.05, 3.63) is 35.9 Å². The maximum absolute atomic E-state index is 10.4.